The highest BCUT2D eigenvalue weighted by molar-refractivity contribution is 6.32. The third-order valence-corrected chi connectivity index (χ3v) is 5.49. The molecule has 0 fully saturated rings. The first-order chi connectivity index (χ1) is 15.9. The summed E-state index contributed by atoms with van der Waals surface area (Å²) in [7, 11) is 0. The predicted octanol–water partition coefficient (Wildman–Crippen LogP) is 4.63. The van der Waals surface area contributed by atoms with Crippen molar-refractivity contribution < 1.29 is 18.7 Å². The Kier molecular flexibility index (Phi) is 8.84. The molecule has 0 aliphatic heterocycles. The molecule has 0 spiro atoms. The summed E-state index contributed by atoms with van der Waals surface area (Å²) >= 11 is 6.10. The van der Waals surface area contributed by atoms with Gasteiger partial charge in [-0.25, -0.2) is 4.39 Å². The third-order valence-electron chi connectivity index (χ3n) is 5.18. The number of ether oxygens (including phenoxy) is 1. The van der Waals surface area contributed by atoms with Crippen LogP contribution in [0.1, 0.15) is 18.1 Å². The number of para-hydroxylation sites is 1. The first-order valence-electron chi connectivity index (χ1n) is 10.7. The molecule has 5 nitrogen and oxygen atoms in total. The number of carbonyl (C=O) groups is 2. The molecule has 0 radical (unpaired) electrons. The van der Waals surface area contributed by atoms with Crippen LogP contribution in [0.5, 0.6) is 5.75 Å². The molecule has 3 aromatic carbocycles. The molecule has 7 heteroatoms. The van der Waals surface area contributed by atoms with Crippen LogP contribution in [0, 0.1) is 5.82 Å². The van der Waals surface area contributed by atoms with Crippen LogP contribution in [0.25, 0.3) is 0 Å². The van der Waals surface area contributed by atoms with Gasteiger partial charge in [0, 0.05) is 13.1 Å². The number of nitrogens with one attached hydrogen (secondary N) is 1. The molecule has 33 heavy (non-hydrogen) atoms. The Balaban J connectivity index is 1.66. The normalized spacial score (nSPS) is 11.5. The maximum absolute atomic E-state index is 13.3. The number of amides is 2. The summed E-state index contributed by atoms with van der Waals surface area (Å²) in [6.07, 6.45) is 0.681. The molecular weight excluding hydrogens is 443 g/mol. The second kappa shape index (κ2) is 12.0. The third kappa shape index (κ3) is 7.32. The SMILES string of the molecule is CC(C(=O)NCCc1ccccc1)N(Cc1ccc(F)cc1)C(=O)COc1ccccc1Cl. The molecule has 1 unspecified atom stereocenters. The lowest BCUT2D eigenvalue weighted by molar-refractivity contribution is -0.142. The van der Waals surface area contributed by atoms with Gasteiger partial charge in [0.15, 0.2) is 6.61 Å². The Morgan fingerprint density at radius 2 is 1.64 bits per heavy atom. The highest BCUT2D eigenvalue weighted by Gasteiger charge is 2.26. The Hall–Kier alpha value is -3.38. The van der Waals surface area contributed by atoms with Crippen LogP contribution in [-0.4, -0.2) is 35.9 Å². The van der Waals surface area contributed by atoms with Crippen molar-refractivity contribution >= 4 is 23.4 Å². The quantitative estimate of drug-likeness (QED) is 0.472. The number of nitrogens with zero attached hydrogens (tertiary/aromatic N) is 1. The minimum absolute atomic E-state index is 0.137. The van der Waals surface area contributed by atoms with Crippen molar-refractivity contribution in [2.24, 2.45) is 0 Å². The standard InChI is InChI=1S/C26H26ClFN2O3/c1-19(26(32)29-16-15-20-7-3-2-4-8-20)30(17-21-11-13-22(28)14-12-21)25(31)18-33-24-10-6-5-9-23(24)27/h2-14,19H,15-18H2,1H3,(H,29,32). The Morgan fingerprint density at radius 3 is 2.33 bits per heavy atom. The molecule has 0 heterocycles. The van der Waals surface area contributed by atoms with E-state index in [4.69, 9.17) is 16.3 Å². The van der Waals surface area contributed by atoms with Crippen molar-refractivity contribution in [3.8, 4) is 5.75 Å². The molecule has 2 amide bonds. The van der Waals surface area contributed by atoms with E-state index < -0.39 is 6.04 Å². The molecule has 0 aliphatic carbocycles. The average molecular weight is 469 g/mol. The number of halogens is 2. The van der Waals surface area contributed by atoms with E-state index in [9.17, 15) is 14.0 Å². The molecule has 0 aromatic heterocycles. The number of benzene rings is 3. The van der Waals surface area contributed by atoms with E-state index in [2.05, 4.69) is 5.32 Å². The summed E-state index contributed by atoms with van der Waals surface area (Å²) in [5.74, 6) is -0.649. The second-order valence-electron chi connectivity index (χ2n) is 7.57. The van der Waals surface area contributed by atoms with Gasteiger partial charge in [0.05, 0.1) is 5.02 Å². The average Bonchev–Trinajstić information content (AvgIpc) is 2.83. The van der Waals surface area contributed by atoms with Crippen molar-refractivity contribution in [2.75, 3.05) is 13.2 Å². The van der Waals surface area contributed by atoms with Gasteiger partial charge in [-0.15, -0.1) is 0 Å². The fraction of sp³-hybridized carbons (Fsp3) is 0.231. The lowest BCUT2D eigenvalue weighted by atomic mass is 10.1. The minimum Gasteiger partial charge on any atom is -0.482 e. The highest BCUT2D eigenvalue weighted by atomic mass is 35.5. The Morgan fingerprint density at radius 1 is 0.970 bits per heavy atom. The van der Waals surface area contributed by atoms with E-state index in [-0.39, 0.29) is 30.8 Å². The van der Waals surface area contributed by atoms with Crippen molar-refractivity contribution in [3.05, 3.63) is 101 Å². The van der Waals surface area contributed by atoms with Crippen LogP contribution >= 0.6 is 11.6 Å². The summed E-state index contributed by atoms with van der Waals surface area (Å²) in [6.45, 7) is 1.96. The molecule has 1 atom stereocenters. The molecule has 172 valence electrons. The van der Waals surface area contributed by atoms with Crippen LogP contribution in [-0.2, 0) is 22.6 Å². The summed E-state index contributed by atoms with van der Waals surface area (Å²) < 4.78 is 18.9. The van der Waals surface area contributed by atoms with Gasteiger partial charge in [-0.3, -0.25) is 9.59 Å². The zero-order valence-electron chi connectivity index (χ0n) is 18.3. The lowest BCUT2D eigenvalue weighted by Gasteiger charge is -2.29. The molecule has 3 aromatic rings. The van der Waals surface area contributed by atoms with Gasteiger partial charge in [0.2, 0.25) is 5.91 Å². The van der Waals surface area contributed by atoms with Gasteiger partial charge in [-0.1, -0.05) is 66.2 Å². The van der Waals surface area contributed by atoms with E-state index >= 15 is 0 Å². The van der Waals surface area contributed by atoms with Crippen LogP contribution < -0.4 is 10.1 Å². The predicted molar refractivity (Wildman–Crippen MR) is 127 cm³/mol. The molecule has 0 bridgehead atoms. The van der Waals surface area contributed by atoms with E-state index in [0.29, 0.717) is 29.3 Å². The maximum Gasteiger partial charge on any atom is 0.261 e. The van der Waals surface area contributed by atoms with Crippen molar-refractivity contribution in [3.63, 3.8) is 0 Å². The molecule has 0 saturated carbocycles. The smallest absolute Gasteiger partial charge is 0.261 e. The summed E-state index contributed by atoms with van der Waals surface area (Å²) in [5, 5.41) is 3.28. The maximum atomic E-state index is 13.3. The van der Waals surface area contributed by atoms with Gasteiger partial charge in [-0.2, -0.15) is 0 Å². The van der Waals surface area contributed by atoms with Crippen LogP contribution in [0.4, 0.5) is 4.39 Å². The zero-order valence-corrected chi connectivity index (χ0v) is 19.1. The van der Waals surface area contributed by atoms with Gasteiger partial charge in [0.25, 0.3) is 5.91 Å². The van der Waals surface area contributed by atoms with E-state index in [0.717, 1.165) is 5.56 Å². The van der Waals surface area contributed by atoms with E-state index in [1.807, 2.05) is 30.3 Å². The molecule has 0 saturated heterocycles. The van der Waals surface area contributed by atoms with Gasteiger partial charge in [-0.05, 0) is 48.7 Å². The van der Waals surface area contributed by atoms with Gasteiger partial charge in [0.1, 0.15) is 17.6 Å². The number of carbonyl (C=O) groups excluding carboxylic acids is 2. The highest BCUT2D eigenvalue weighted by Crippen LogP contribution is 2.23. The number of hydrogen-bond acceptors (Lipinski definition) is 3. The van der Waals surface area contributed by atoms with Crippen molar-refractivity contribution in [2.45, 2.75) is 25.9 Å². The first kappa shape index (κ1) is 24.3. The zero-order chi connectivity index (χ0) is 23.6. The fourth-order valence-electron chi connectivity index (χ4n) is 3.28. The van der Waals surface area contributed by atoms with Gasteiger partial charge >= 0.3 is 0 Å². The van der Waals surface area contributed by atoms with Crippen molar-refractivity contribution in [1.82, 2.24) is 10.2 Å². The fourth-order valence-corrected chi connectivity index (χ4v) is 3.47. The van der Waals surface area contributed by atoms with Crippen LogP contribution in [0.15, 0.2) is 78.9 Å². The van der Waals surface area contributed by atoms with Crippen LogP contribution in [0.2, 0.25) is 5.02 Å². The Bertz CT molecular complexity index is 1060. The summed E-state index contributed by atoms with van der Waals surface area (Å²) in [6, 6.07) is 21.7. The van der Waals surface area contributed by atoms with Crippen molar-refractivity contribution in [1.29, 1.82) is 0 Å². The van der Waals surface area contributed by atoms with Gasteiger partial charge < -0.3 is 15.0 Å². The Labute approximate surface area is 198 Å². The molecule has 3 rings (SSSR count). The van der Waals surface area contributed by atoms with E-state index in [1.165, 1.54) is 17.0 Å². The van der Waals surface area contributed by atoms with E-state index in [1.54, 1.807) is 43.3 Å². The topological polar surface area (TPSA) is 58.6 Å². The second-order valence-corrected chi connectivity index (χ2v) is 7.98. The molecule has 1 N–H and O–H groups in total. The number of rotatable bonds is 10. The summed E-state index contributed by atoms with van der Waals surface area (Å²) in [5.41, 5.74) is 1.81. The molecule has 0 aliphatic rings. The first-order valence-corrected chi connectivity index (χ1v) is 11.0. The number of hydrogen-bond donors (Lipinski definition) is 1. The minimum atomic E-state index is -0.756. The lowest BCUT2D eigenvalue weighted by Crippen LogP contribution is -2.49. The monoisotopic (exact) mass is 468 g/mol. The van der Waals surface area contributed by atoms with Crippen LogP contribution in [0.3, 0.4) is 0 Å². The molecular formula is C26H26ClFN2O3. The summed E-state index contributed by atoms with van der Waals surface area (Å²) in [4.78, 5) is 27.3. The largest absolute Gasteiger partial charge is 0.482 e.